The van der Waals surface area contributed by atoms with Crippen molar-refractivity contribution in [2.75, 3.05) is 19.6 Å². The van der Waals surface area contributed by atoms with Gasteiger partial charge >= 0.3 is 0 Å². The molecule has 1 saturated heterocycles. The number of carbonyl (C=O) groups is 1. The van der Waals surface area contributed by atoms with Gasteiger partial charge in [0.2, 0.25) is 10.0 Å². The SMILES string of the molecule is O=C(c1ccccc1F)N1CCC(CNS(=O)(=O)c2c(F)cccc2F)CC1. The van der Waals surface area contributed by atoms with Crippen LogP contribution in [0.3, 0.4) is 0 Å². The molecule has 9 heteroatoms. The molecular formula is C19H19F3N2O3S. The van der Waals surface area contributed by atoms with E-state index in [0.717, 1.165) is 18.2 Å². The second kappa shape index (κ2) is 8.32. The van der Waals surface area contributed by atoms with Crippen molar-refractivity contribution >= 4 is 15.9 Å². The first kappa shape index (κ1) is 20.3. The van der Waals surface area contributed by atoms with Crippen molar-refractivity contribution < 1.29 is 26.4 Å². The third-order valence-electron chi connectivity index (χ3n) is 4.76. The van der Waals surface area contributed by atoms with Gasteiger partial charge in [-0.05, 0) is 43.0 Å². The van der Waals surface area contributed by atoms with Crippen LogP contribution < -0.4 is 4.72 Å². The largest absolute Gasteiger partial charge is 0.339 e. The summed E-state index contributed by atoms with van der Waals surface area (Å²) in [5.74, 6) is -3.41. The molecule has 0 atom stereocenters. The lowest BCUT2D eigenvalue weighted by atomic mass is 9.96. The highest BCUT2D eigenvalue weighted by molar-refractivity contribution is 7.89. The minimum atomic E-state index is -4.33. The maximum absolute atomic E-state index is 13.8. The molecule has 150 valence electrons. The molecule has 1 fully saturated rings. The number of hydrogen-bond acceptors (Lipinski definition) is 3. The molecule has 0 aromatic heterocycles. The minimum absolute atomic E-state index is 0.00215. The second-order valence-electron chi connectivity index (χ2n) is 6.62. The van der Waals surface area contributed by atoms with Gasteiger partial charge in [0, 0.05) is 19.6 Å². The zero-order valence-electron chi connectivity index (χ0n) is 14.9. The summed E-state index contributed by atoms with van der Waals surface area (Å²) >= 11 is 0. The standard InChI is InChI=1S/C19H19F3N2O3S/c20-15-5-2-1-4-14(15)19(25)24-10-8-13(9-11-24)12-23-28(26,27)18-16(21)6-3-7-17(18)22/h1-7,13,23H,8-12H2. The van der Waals surface area contributed by atoms with Crippen LogP contribution in [0.15, 0.2) is 47.4 Å². The van der Waals surface area contributed by atoms with Crippen molar-refractivity contribution in [2.24, 2.45) is 5.92 Å². The van der Waals surface area contributed by atoms with Crippen molar-refractivity contribution in [3.05, 3.63) is 65.5 Å². The number of nitrogens with zero attached hydrogens (tertiary/aromatic N) is 1. The van der Waals surface area contributed by atoms with Crippen molar-refractivity contribution in [2.45, 2.75) is 17.7 Å². The predicted octanol–water partition coefficient (Wildman–Crippen LogP) is 2.93. The molecule has 0 saturated carbocycles. The van der Waals surface area contributed by atoms with E-state index in [-0.39, 0.29) is 18.0 Å². The molecule has 1 heterocycles. The molecular weight excluding hydrogens is 393 g/mol. The van der Waals surface area contributed by atoms with Gasteiger partial charge in [-0.15, -0.1) is 0 Å². The van der Waals surface area contributed by atoms with Gasteiger partial charge in [0.05, 0.1) is 5.56 Å². The van der Waals surface area contributed by atoms with E-state index in [4.69, 9.17) is 0 Å². The average Bonchev–Trinajstić information content (AvgIpc) is 2.66. The number of piperidine rings is 1. The van der Waals surface area contributed by atoms with Gasteiger partial charge in [0.15, 0.2) is 4.90 Å². The van der Waals surface area contributed by atoms with Crippen molar-refractivity contribution in [3.8, 4) is 0 Å². The van der Waals surface area contributed by atoms with E-state index in [1.165, 1.54) is 23.1 Å². The zero-order valence-corrected chi connectivity index (χ0v) is 15.7. The Morgan fingerprint density at radius 2 is 1.54 bits per heavy atom. The van der Waals surface area contributed by atoms with E-state index < -0.39 is 38.3 Å². The van der Waals surface area contributed by atoms with E-state index in [1.54, 1.807) is 6.07 Å². The van der Waals surface area contributed by atoms with Crippen LogP contribution in [0, 0.1) is 23.4 Å². The fourth-order valence-corrected chi connectivity index (χ4v) is 4.43. The summed E-state index contributed by atoms with van der Waals surface area (Å²) in [5.41, 5.74) is -0.00307. The fraction of sp³-hybridized carbons (Fsp3) is 0.316. The van der Waals surface area contributed by atoms with Gasteiger partial charge in [-0.3, -0.25) is 4.79 Å². The molecule has 3 rings (SSSR count). The lowest BCUT2D eigenvalue weighted by molar-refractivity contribution is 0.0687. The Balaban J connectivity index is 1.58. The third-order valence-corrected chi connectivity index (χ3v) is 6.23. The number of amides is 1. The minimum Gasteiger partial charge on any atom is -0.339 e. The van der Waals surface area contributed by atoms with Gasteiger partial charge in [0.25, 0.3) is 5.91 Å². The summed E-state index contributed by atoms with van der Waals surface area (Å²) in [6, 6.07) is 8.57. The summed E-state index contributed by atoms with van der Waals surface area (Å²) in [5, 5.41) is 0. The molecule has 1 aliphatic rings. The maximum Gasteiger partial charge on any atom is 0.256 e. The van der Waals surface area contributed by atoms with Crippen LogP contribution in [0.4, 0.5) is 13.2 Å². The van der Waals surface area contributed by atoms with Gasteiger partial charge in [0.1, 0.15) is 17.5 Å². The highest BCUT2D eigenvalue weighted by atomic mass is 32.2. The molecule has 1 N–H and O–H groups in total. The van der Waals surface area contributed by atoms with Crippen LogP contribution in [-0.4, -0.2) is 38.9 Å². The third kappa shape index (κ3) is 4.36. The fourth-order valence-electron chi connectivity index (χ4n) is 3.18. The van der Waals surface area contributed by atoms with Gasteiger partial charge < -0.3 is 4.90 Å². The molecule has 1 aliphatic heterocycles. The Labute approximate surface area is 161 Å². The number of sulfonamides is 1. The zero-order chi connectivity index (χ0) is 20.3. The van der Waals surface area contributed by atoms with Crippen molar-refractivity contribution in [1.29, 1.82) is 0 Å². The molecule has 0 aliphatic carbocycles. The van der Waals surface area contributed by atoms with Gasteiger partial charge in [-0.1, -0.05) is 18.2 Å². The van der Waals surface area contributed by atoms with Gasteiger partial charge in [-0.2, -0.15) is 0 Å². The predicted molar refractivity (Wildman–Crippen MR) is 96.6 cm³/mol. The smallest absolute Gasteiger partial charge is 0.256 e. The lowest BCUT2D eigenvalue weighted by Gasteiger charge is -2.32. The highest BCUT2D eigenvalue weighted by Crippen LogP contribution is 2.22. The van der Waals surface area contributed by atoms with E-state index >= 15 is 0 Å². The molecule has 2 aromatic carbocycles. The number of hydrogen-bond donors (Lipinski definition) is 1. The molecule has 28 heavy (non-hydrogen) atoms. The van der Waals surface area contributed by atoms with Gasteiger partial charge in [-0.25, -0.2) is 26.3 Å². The number of likely N-dealkylation sites (tertiary alicyclic amines) is 1. The monoisotopic (exact) mass is 412 g/mol. The normalized spacial score (nSPS) is 15.6. The molecule has 5 nitrogen and oxygen atoms in total. The highest BCUT2D eigenvalue weighted by Gasteiger charge is 2.28. The van der Waals surface area contributed by atoms with Crippen LogP contribution in [-0.2, 0) is 10.0 Å². The molecule has 0 spiro atoms. The number of halogens is 3. The summed E-state index contributed by atoms with van der Waals surface area (Å²) in [6.45, 7) is 0.680. The Bertz CT molecular complexity index is 954. The van der Waals surface area contributed by atoms with Crippen LogP contribution in [0.25, 0.3) is 0 Å². The molecule has 0 bridgehead atoms. The Hall–Kier alpha value is -2.39. The Kier molecular flexibility index (Phi) is 6.04. The van der Waals surface area contributed by atoms with Crippen LogP contribution in [0.2, 0.25) is 0 Å². The Morgan fingerprint density at radius 1 is 0.964 bits per heavy atom. The van der Waals surface area contributed by atoms with E-state index in [0.29, 0.717) is 25.9 Å². The summed E-state index contributed by atoms with van der Waals surface area (Å²) in [4.78, 5) is 12.9. The average molecular weight is 412 g/mol. The molecule has 0 unspecified atom stereocenters. The van der Waals surface area contributed by atoms with Crippen LogP contribution in [0.5, 0.6) is 0 Å². The van der Waals surface area contributed by atoms with Crippen molar-refractivity contribution in [1.82, 2.24) is 9.62 Å². The first-order valence-electron chi connectivity index (χ1n) is 8.77. The maximum atomic E-state index is 13.8. The number of rotatable bonds is 5. The van der Waals surface area contributed by atoms with Crippen LogP contribution in [0.1, 0.15) is 23.2 Å². The molecule has 2 aromatic rings. The summed E-state index contributed by atoms with van der Waals surface area (Å²) in [6.07, 6.45) is 0.977. The molecule has 0 radical (unpaired) electrons. The van der Waals surface area contributed by atoms with E-state index in [9.17, 15) is 26.4 Å². The second-order valence-corrected chi connectivity index (χ2v) is 8.32. The summed E-state index contributed by atoms with van der Waals surface area (Å²) < 4.78 is 67.9. The molecule has 1 amide bonds. The van der Waals surface area contributed by atoms with E-state index in [1.807, 2.05) is 0 Å². The number of benzene rings is 2. The lowest BCUT2D eigenvalue weighted by Crippen LogP contribution is -2.42. The van der Waals surface area contributed by atoms with Crippen LogP contribution >= 0.6 is 0 Å². The summed E-state index contributed by atoms with van der Waals surface area (Å²) in [7, 11) is -4.33. The first-order chi connectivity index (χ1) is 13.3. The van der Waals surface area contributed by atoms with Crippen molar-refractivity contribution in [3.63, 3.8) is 0 Å². The Morgan fingerprint density at radius 3 is 2.14 bits per heavy atom. The number of carbonyl (C=O) groups excluding carboxylic acids is 1. The number of nitrogens with one attached hydrogen (secondary N) is 1. The first-order valence-corrected chi connectivity index (χ1v) is 10.3. The quantitative estimate of drug-likeness (QED) is 0.821. The van der Waals surface area contributed by atoms with E-state index in [2.05, 4.69) is 4.72 Å². The topological polar surface area (TPSA) is 66.5 Å².